The summed E-state index contributed by atoms with van der Waals surface area (Å²) in [6, 6.07) is 12.1. The zero-order valence-electron chi connectivity index (χ0n) is 16.7. The van der Waals surface area contributed by atoms with E-state index in [1.54, 1.807) is 6.20 Å². The number of nitrogens with two attached hydrogens (primary N) is 2. The number of rotatable bonds is 3. The number of hydrogen-bond acceptors (Lipinski definition) is 5. The second-order valence-corrected chi connectivity index (χ2v) is 7.61. The number of carbonyl (C=O) groups is 1. The lowest BCUT2D eigenvalue weighted by molar-refractivity contribution is 0.0997. The summed E-state index contributed by atoms with van der Waals surface area (Å²) >= 11 is 0. The van der Waals surface area contributed by atoms with Gasteiger partial charge in [0.2, 0.25) is 0 Å². The number of aromatic amines is 1. The average Bonchev–Trinajstić information content (AvgIpc) is 3.14. The first-order valence-electron chi connectivity index (χ1n) is 9.97. The molecule has 4 aromatic rings. The molecule has 30 heavy (non-hydrogen) atoms. The van der Waals surface area contributed by atoms with Crippen molar-refractivity contribution in [1.29, 1.82) is 0 Å². The predicted octanol–water partition coefficient (Wildman–Crippen LogP) is 3.21. The predicted molar refractivity (Wildman–Crippen MR) is 120 cm³/mol. The summed E-state index contributed by atoms with van der Waals surface area (Å²) in [7, 11) is 0. The minimum Gasteiger partial charge on any atom is -0.398 e. The highest BCUT2D eigenvalue weighted by molar-refractivity contribution is 6.19. The molecule has 0 atom stereocenters. The van der Waals surface area contributed by atoms with Crippen molar-refractivity contribution in [3.05, 3.63) is 53.9 Å². The number of amides is 1. The highest BCUT2D eigenvalue weighted by Gasteiger charge is 2.20. The number of fused-ring (bicyclic) bond motifs is 3. The number of pyridine rings is 1. The van der Waals surface area contributed by atoms with E-state index in [0.29, 0.717) is 11.2 Å². The van der Waals surface area contributed by atoms with Gasteiger partial charge in [-0.1, -0.05) is 12.1 Å². The van der Waals surface area contributed by atoms with Crippen molar-refractivity contribution in [1.82, 2.24) is 9.97 Å². The quantitative estimate of drug-likeness (QED) is 0.457. The Hall–Kier alpha value is -3.58. The molecule has 7 nitrogen and oxygen atoms in total. The Morgan fingerprint density at radius 2 is 1.97 bits per heavy atom. The number of nitrogens with one attached hydrogen (secondary N) is 1. The van der Waals surface area contributed by atoms with Crippen molar-refractivity contribution >= 4 is 39.1 Å². The molecule has 0 spiro atoms. The fourth-order valence-corrected chi connectivity index (χ4v) is 4.25. The number of anilines is 2. The first-order chi connectivity index (χ1) is 14.5. The van der Waals surface area contributed by atoms with Crippen LogP contribution in [-0.2, 0) is 4.74 Å². The Kier molecular flexibility index (Phi) is 4.33. The van der Waals surface area contributed by atoms with E-state index in [-0.39, 0.29) is 5.69 Å². The van der Waals surface area contributed by atoms with Crippen LogP contribution < -0.4 is 16.4 Å². The summed E-state index contributed by atoms with van der Waals surface area (Å²) in [6.45, 7) is 5.13. The van der Waals surface area contributed by atoms with Crippen molar-refractivity contribution < 1.29 is 9.53 Å². The molecule has 1 aliphatic rings. The second-order valence-electron chi connectivity index (χ2n) is 7.61. The summed E-state index contributed by atoms with van der Waals surface area (Å²) in [6.07, 6.45) is 1.72. The molecule has 7 heteroatoms. The molecular weight excluding hydrogens is 378 g/mol. The van der Waals surface area contributed by atoms with Crippen molar-refractivity contribution in [3.63, 3.8) is 0 Å². The minimum absolute atomic E-state index is 0.236. The van der Waals surface area contributed by atoms with Crippen LogP contribution in [0.25, 0.3) is 32.9 Å². The lowest BCUT2D eigenvalue weighted by Crippen LogP contribution is -2.36. The number of hydrogen-bond donors (Lipinski definition) is 3. The van der Waals surface area contributed by atoms with Crippen LogP contribution in [0.3, 0.4) is 0 Å². The maximum absolute atomic E-state index is 12.1. The molecule has 0 bridgehead atoms. The number of carbonyl (C=O) groups excluding carboxylic acids is 1. The number of aromatic nitrogens is 2. The van der Waals surface area contributed by atoms with Crippen LogP contribution >= 0.6 is 0 Å². The minimum atomic E-state index is -0.559. The normalized spacial score (nSPS) is 14.5. The Morgan fingerprint density at radius 3 is 2.73 bits per heavy atom. The van der Waals surface area contributed by atoms with Gasteiger partial charge in [-0.25, -0.2) is 4.98 Å². The third kappa shape index (κ3) is 2.86. The van der Waals surface area contributed by atoms with Gasteiger partial charge in [-0.2, -0.15) is 0 Å². The van der Waals surface area contributed by atoms with E-state index in [2.05, 4.69) is 27.0 Å². The zero-order valence-corrected chi connectivity index (χ0v) is 16.7. The van der Waals surface area contributed by atoms with E-state index in [9.17, 15) is 4.79 Å². The highest BCUT2D eigenvalue weighted by Crippen LogP contribution is 2.39. The number of morpholine rings is 1. The monoisotopic (exact) mass is 401 g/mol. The van der Waals surface area contributed by atoms with E-state index < -0.39 is 5.91 Å². The molecule has 0 saturated carbocycles. The van der Waals surface area contributed by atoms with Crippen LogP contribution in [0.2, 0.25) is 0 Å². The molecule has 1 saturated heterocycles. The highest BCUT2D eigenvalue weighted by atomic mass is 16.5. The Labute approximate surface area is 173 Å². The first-order valence-corrected chi connectivity index (χ1v) is 9.97. The molecule has 1 fully saturated rings. The van der Waals surface area contributed by atoms with Crippen LogP contribution in [0.1, 0.15) is 16.1 Å². The third-order valence-corrected chi connectivity index (χ3v) is 5.89. The molecule has 0 radical (unpaired) electrons. The molecule has 5 N–H and O–H groups in total. The Morgan fingerprint density at radius 1 is 1.17 bits per heavy atom. The van der Waals surface area contributed by atoms with Gasteiger partial charge in [0, 0.05) is 52.5 Å². The molecule has 1 aliphatic heterocycles. The Bertz CT molecular complexity index is 1290. The molecule has 152 valence electrons. The largest absolute Gasteiger partial charge is 0.398 e. The van der Waals surface area contributed by atoms with Gasteiger partial charge in [-0.15, -0.1) is 0 Å². The molecule has 3 heterocycles. The first kappa shape index (κ1) is 18.4. The second kappa shape index (κ2) is 7.03. The standard InChI is InChI=1S/C23H23N5O2/c1-13-15(3-2-4-18(13)24)17-12-26-22(23(25)29)21-20(17)16-11-14(5-6-19(16)27-21)28-7-9-30-10-8-28/h2-6,11-12,27H,7-10,24H2,1H3,(H2,25,29). The summed E-state index contributed by atoms with van der Waals surface area (Å²) < 4.78 is 5.49. The summed E-state index contributed by atoms with van der Waals surface area (Å²) in [4.78, 5) is 22.1. The molecule has 5 rings (SSSR count). The molecule has 0 aliphatic carbocycles. The van der Waals surface area contributed by atoms with Crippen LogP contribution in [0.5, 0.6) is 0 Å². The third-order valence-electron chi connectivity index (χ3n) is 5.89. The topological polar surface area (TPSA) is 110 Å². The Balaban J connectivity index is 1.82. The number of nitrogen functional groups attached to an aromatic ring is 1. The lowest BCUT2D eigenvalue weighted by Gasteiger charge is -2.28. The van der Waals surface area contributed by atoms with Crippen LogP contribution in [-0.4, -0.2) is 42.2 Å². The van der Waals surface area contributed by atoms with E-state index in [4.69, 9.17) is 16.2 Å². The summed E-state index contributed by atoms with van der Waals surface area (Å²) in [5.41, 5.74) is 18.3. The molecule has 1 amide bonds. The number of nitrogens with zero attached hydrogens (tertiary/aromatic N) is 2. The molecule has 2 aromatic carbocycles. The lowest BCUT2D eigenvalue weighted by atomic mass is 9.96. The van der Waals surface area contributed by atoms with Crippen molar-refractivity contribution in [3.8, 4) is 11.1 Å². The SMILES string of the molecule is Cc1c(N)cccc1-c1cnc(C(N)=O)c2[nH]c3ccc(N4CCOCC4)cc3c12. The fourth-order valence-electron chi connectivity index (χ4n) is 4.25. The van der Waals surface area contributed by atoms with Gasteiger partial charge in [0.25, 0.3) is 5.91 Å². The van der Waals surface area contributed by atoms with E-state index in [0.717, 1.165) is 65.0 Å². The molecular formula is C23H23N5O2. The number of benzene rings is 2. The molecule has 0 unspecified atom stereocenters. The maximum Gasteiger partial charge on any atom is 0.269 e. The van der Waals surface area contributed by atoms with Gasteiger partial charge in [0.1, 0.15) is 0 Å². The maximum atomic E-state index is 12.1. The van der Waals surface area contributed by atoms with Gasteiger partial charge in [-0.3, -0.25) is 4.79 Å². The van der Waals surface area contributed by atoms with Gasteiger partial charge in [0.15, 0.2) is 5.69 Å². The van der Waals surface area contributed by atoms with Crippen LogP contribution in [0.15, 0.2) is 42.6 Å². The van der Waals surface area contributed by atoms with Crippen molar-refractivity contribution in [2.45, 2.75) is 6.92 Å². The number of ether oxygens (including phenoxy) is 1. The van der Waals surface area contributed by atoms with Crippen molar-refractivity contribution in [2.75, 3.05) is 36.9 Å². The van der Waals surface area contributed by atoms with Crippen molar-refractivity contribution in [2.24, 2.45) is 5.73 Å². The molecule has 2 aromatic heterocycles. The fraction of sp³-hybridized carbons (Fsp3) is 0.217. The van der Waals surface area contributed by atoms with Crippen LogP contribution in [0.4, 0.5) is 11.4 Å². The van der Waals surface area contributed by atoms with Gasteiger partial charge < -0.3 is 26.1 Å². The van der Waals surface area contributed by atoms with Gasteiger partial charge in [0.05, 0.1) is 18.7 Å². The van der Waals surface area contributed by atoms with E-state index in [1.807, 2.05) is 31.2 Å². The summed E-state index contributed by atoms with van der Waals surface area (Å²) in [5.74, 6) is -0.559. The smallest absolute Gasteiger partial charge is 0.269 e. The average molecular weight is 401 g/mol. The van der Waals surface area contributed by atoms with E-state index in [1.165, 1.54) is 0 Å². The zero-order chi connectivity index (χ0) is 20.8. The summed E-state index contributed by atoms with van der Waals surface area (Å²) in [5, 5.41) is 1.95. The van der Waals surface area contributed by atoms with E-state index >= 15 is 0 Å². The van der Waals surface area contributed by atoms with Crippen LogP contribution in [0, 0.1) is 6.92 Å². The number of primary amides is 1. The van der Waals surface area contributed by atoms with Gasteiger partial charge in [-0.05, 0) is 42.3 Å². The number of H-pyrrole nitrogens is 1. The van der Waals surface area contributed by atoms with Gasteiger partial charge >= 0.3 is 0 Å².